The molecule has 0 aliphatic carbocycles. The molecule has 0 spiro atoms. The Kier molecular flexibility index (Phi) is 7.60. The third kappa shape index (κ3) is 5.72. The molecule has 0 radical (unpaired) electrons. The molecule has 12 heteroatoms. The van der Waals surface area contributed by atoms with E-state index < -0.39 is 5.97 Å². The highest BCUT2D eigenvalue weighted by Gasteiger charge is 2.13. The van der Waals surface area contributed by atoms with Crippen molar-refractivity contribution >= 4 is 29.3 Å². The lowest BCUT2D eigenvalue weighted by atomic mass is 10.2. The molecule has 2 heterocycles. The van der Waals surface area contributed by atoms with E-state index in [0.717, 1.165) is 0 Å². The van der Waals surface area contributed by atoms with E-state index in [2.05, 4.69) is 20.8 Å². The summed E-state index contributed by atoms with van der Waals surface area (Å²) in [5, 5.41) is 14.6. The molecule has 168 valence electrons. The molecule has 0 fully saturated rings. The number of carbonyl (C=O) groups excluding carboxylic acids is 2. The predicted octanol–water partition coefficient (Wildman–Crippen LogP) is 1.49. The van der Waals surface area contributed by atoms with Gasteiger partial charge in [0, 0.05) is 30.2 Å². The summed E-state index contributed by atoms with van der Waals surface area (Å²) in [6.07, 6.45) is 1.50. The number of methoxy groups -OCH3 is 1. The van der Waals surface area contributed by atoms with Gasteiger partial charge in [0.15, 0.2) is 5.75 Å². The summed E-state index contributed by atoms with van der Waals surface area (Å²) >= 11 is 1.33. The normalized spacial score (nSPS) is 10.6. The minimum absolute atomic E-state index is 0.0524. The number of aromatic nitrogens is 5. The maximum absolute atomic E-state index is 12.6. The highest BCUT2D eigenvalue weighted by molar-refractivity contribution is 7.98. The number of carbonyl (C=O) groups is 2. The topological polar surface area (TPSA) is 130 Å². The standard InChI is InChI=1S/C20H22N6O5S/c1-4-31-19(29)13-5-7-14(8-6-13)21-18(28)11-26-10-17(30-3)16(27)9-15(26)12-32-20-22-23-24-25(20)2/h5-10H,4,11-12H2,1-3H3,(H,21,28). The minimum Gasteiger partial charge on any atom is -0.491 e. The number of pyridine rings is 1. The van der Waals surface area contributed by atoms with Crippen LogP contribution in [0.15, 0.2) is 46.5 Å². The van der Waals surface area contributed by atoms with E-state index in [4.69, 9.17) is 9.47 Å². The van der Waals surface area contributed by atoms with Crippen molar-refractivity contribution in [1.29, 1.82) is 0 Å². The second-order valence-corrected chi connectivity index (χ2v) is 7.49. The number of amides is 1. The Hall–Kier alpha value is -3.67. The van der Waals surface area contributed by atoms with Crippen LogP contribution in [0.3, 0.4) is 0 Å². The van der Waals surface area contributed by atoms with Gasteiger partial charge in [-0.15, -0.1) is 5.10 Å². The minimum atomic E-state index is -0.425. The highest BCUT2D eigenvalue weighted by atomic mass is 32.2. The first kappa shape index (κ1) is 23.0. The van der Waals surface area contributed by atoms with Crippen LogP contribution < -0.4 is 15.5 Å². The fourth-order valence-corrected chi connectivity index (χ4v) is 3.60. The average Bonchev–Trinajstić information content (AvgIpc) is 3.19. The van der Waals surface area contributed by atoms with E-state index in [-0.39, 0.29) is 30.2 Å². The van der Waals surface area contributed by atoms with E-state index in [1.165, 1.54) is 35.8 Å². The zero-order valence-electron chi connectivity index (χ0n) is 17.8. The monoisotopic (exact) mass is 458 g/mol. The Morgan fingerprint density at radius 1 is 1.22 bits per heavy atom. The molecule has 3 rings (SSSR count). The van der Waals surface area contributed by atoms with Gasteiger partial charge in [-0.3, -0.25) is 9.59 Å². The van der Waals surface area contributed by atoms with Crippen LogP contribution in [0.5, 0.6) is 5.75 Å². The van der Waals surface area contributed by atoms with Gasteiger partial charge in [-0.05, 0) is 41.6 Å². The lowest BCUT2D eigenvalue weighted by molar-refractivity contribution is -0.116. The lowest BCUT2D eigenvalue weighted by Gasteiger charge is -2.14. The van der Waals surface area contributed by atoms with E-state index in [9.17, 15) is 14.4 Å². The zero-order chi connectivity index (χ0) is 23.1. The summed E-state index contributed by atoms with van der Waals surface area (Å²) in [5.41, 5.74) is 1.24. The quantitative estimate of drug-likeness (QED) is 0.374. The second-order valence-electron chi connectivity index (χ2n) is 6.55. The van der Waals surface area contributed by atoms with Crippen molar-refractivity contribution in [3.63, 3.8) is 0 Å². The van der Waals surface area contributed by atoms with E-state index in [0.29, 0.717) is 27.9 Å². The smallest absolute Gasteiger partial charge is 0.338 e. The number of hydrogen-bond donors (Lipinski definition) is 1. The average molecular weight is 459 g/mol. The van der Waals surface area contributed by atoms with E-state index >= 15 is 0 Å². The Morgan fingerprint density at radius 3 is 2.59 bits per heavy atom. The van der Waals surface area contributed by atoms with Crippen LogP contribution in [0.4, 0.5) is 5.69 Å². The van der Waals surface area contributed by atoms with Crippen molar-refractivity contribution in [1.82, 2.24) is 24.8 Å². The molecule has 3 aromatic rings. The molecule has 11 nitrogen and oxygen atoms in total. The summed E-state index contributed by atoms with van der Waals surface area (Å²) in [4.78, 5) is 36.6. The molecule has 0 saturated carbocycles. The number of rotatable bonds is 9. The fourth-order valence-electron chi connectivity index (χ4n) is 2.76. The van der Waals surface area contributed by atoms with Gasteiger partial charge in [0.25, 0.3) is 0 Å². The van der Waals surface area contributed by atoms with Crippen LogP contribution in [0, 0.1) is 0 Å². The maximum atomic E-state index is 12.6. The fraction of sp³-hybridized carbons (Fsp3) is 0.300. The third-order valence-corrected chi connectivity index (χ3v) is 5.37. The van der Waals surface area contributed by atoms with Gasteiger partial charge in [-0.2, -0.15) is 0 Å². The van der Waals surface area contributed by atoms with Crippen LogP contribution in [0.2, 0.25) is 0 Å². The van der Waals surface area contributed by atoms with E-state index in [1.54, 1.807) is 42.8 Å². The molecule has 1 aromatic carbocycles. The van der Waals surface area contributed by atoms with Gasteiger partial charge in [-0.25, -0.2) is 9.48 Å². The van der Waals surface area contributed by atoms with Crippen molar-refractivity contribution in [3.05, 3.63) is 58.0 Å². The molecule has 0 unspecified atom stereocenters. The summed E-state index contributed by atoms with van der Waals surface area (Å²) in [7, 11) is 3.11. The molecule has 1 amide bonds. The number of esters is 1. The molecule has 2 aromatic heterocycles. The predicted molar refractivity (Wildman–Crippen MR) is 117 cm³/mol. The zero-order valence-corrected chi connectivity index (χ0v) is 18.6. The Balaban J connectivity index is 1.73. The first-order chi connectivity index (χ1) is 15.4. The number of hydrogen-bond acceptors (Lipinski definition) is 9. The summed E-state index contributed by atoms with van der Waals surface area (Å²) in [5.74, 6) is -0.239. The van der Waals surface area contributed by atoms with Gasteiger partial charge in [0.2, 0.25) is 16.5 Å². The van der Waals surface area contributed by atoms with Gasteiger partial charge in [-0.1, -0.05) is 11.8 Å². The number of aryl methyl sites for hydroxylation is 1. The van der Waals surface area contributed by atoms with E-state index in [1.807, 2.05) is 0 Å². The number of thioether (sulfide) groups is 1. The molecule has 0 aliphatic rings. The molecule has 32 heavy (non-hydrogen) atoms. The number of nitrogens with one attached hydrogen (secondary N) is 1. The summed E-state index contributed by atoms with van der Waals surface area (Å²) in [6.45, 7) is 1.96. The van der Waals surface area contributed by atoms with Crippen molar-refractivity contribution in [3.8, 4) is 5.75 Å². The van der Waals surface area contributed by atoms with Crippen LogP contribution in [0.1, 0.15) is 23.0 Å². The van der Waals surface area contributed by atoms with Crippen molar-refractivity contribution in [2.45, 2.75) is 24.4 Å². The summed E-state index contributed by atoms with van der Waals surface area (Å²) < 4.78 is 13.2. The van der Waals surface area contributed by atoms with Gasteiger partial charge >= 0.3 is 5.97 Å². The molecule has 0 aliphatic heterocycles. The van der Waals surface area contributed by atoms with Crippen LogP contribution in [0.25, 0.3) is 0 Å². The number of ether oxygens (including phenoxy) is 2. The second kappa shape index (κ2) is 10.6. The molecular weight excluding hydrogens is 436 g/mol. The molecule has 0 bridgehead atoms. The van der Waals surface area contributed by atoms with Crippen molar-refractivity contribution < 1.29 is 19.1 Å². The Morgan fingerprint density at radius 2 is 1.97 bits per heavy atom. The molecule has 0 atom stereocenters. The molecule has 0 saturated heterocycles. The van der Waals surface area contributed by atoms with Gasteiger partial charge < -0.3 is 19.4 Å². The van der Waals surface area contributed by atoms with Crippen LogP contribution in [-0.4, -0.2) is 50.4 Å². The summed E-state index contributed by atoms with van der Waals surface area (Å²) in [6, 6.07) is 7.82. The molecule has 1 N–H and O–H groups in total. The third-order valence-electron chi connectivity index (χ3n) is 4.33. The number of anilines is 1. The van der Waals surface area contributed by atoms with Crippen LogP contribution in [-0.2, 0) is 28.9 Å². The number of nitrogens with zero attached hydrogens (tertiary/aromatic N) is 5. The SMILES string of the molecule is CCOC(=O)c1ccc(NC(=O)Cn2cc(OC)c(=O)cc2CSc2nnnn2C)cc1. The van der Waals surface area contributed by atoms with Crippen molar-refractivity contribution in [2.75, 3.05) is 19.0 Å². The first-order valence-corrected chi connectivity index (χ1v) is 10.6. The highest BCUT2D eigenvalue weighted by Crippen LogP contribution is 2.20. The first-order valence-electron chi connectivity index (χ1n) is 9.60. The Labute approximate surface area is 187 Å². The maximum Gasteiger partial charge on any atom is 0.338 e. The van der Waals surface area contributed by atoms with Gasteiger partial charge in [0.05, 0.1) is 25.5 Å². The Bertz CT molecular complexity index is 1160. The number of benzene rings is 1. The number of tetrazole rings is 1. The molecular formula is C20H22N6O5S. The van der Waals surface area contributed by atoms with Crippen LogP contribution >= 0.6 is 11.8 Å². The lowest BCUT2D eigenvalue weighted by Crippen LogP contribution is -2.22. The van der Waals surface area contributed by atoms with Gasteiger partial charge in [0.1, 0.15) is 6.54 Å². The van der Waals surface area contributed by atoms with Crippen molar-refractivity contribution in [2.24, 2.45) is 7.05 Å². The largest absolute Gasteiger partial charge is 0.491 e.